The van der Waals surface area contributed by atoms with Gasteiger partial charge in [0, 0.05) is 26.2 Å². The van der Waals surface area contributed by atoms with E-state index in [1.54, 1.807) is 18.0 Å². The summed E-state index contributed by atoms with van der Waals surface area (Å²) in [6.45, 7) is 5.27. The molecule has 1 aromatic rings. The van der Waals surface area contributed by atoms with Crippen molar-refractivity contribution in [1.29, 1.82) is 0 Å². The van der Waals surface area contributed by atoms with Crippen LogP contribution in [0.4, 0.5) is 0 Å². The maximum atomic E-state index is 12.8. The number of hydrogen-bond acceptors (Lipinski definition) is 5. The largest absolute Gasteiger partial charge is 0.493 e. The first kappa shape index (κ1) is 14.0. The molecular formula is C13H22N4O2. The number of aryl methyl sites for hydroxylation is 1. The van der Waals surface area contributed by atoms with Gasteiger partial charge in [0.1, 0.15) is 5.69 Å². The van der Waals surface area contributed by atoms with Gasteiger partial charge < -0.3 is 9.64 Å². The van der Waals surface area contributed by atoms with Gasteiger partial charge in [0.05, 0.1) is 19.3 Å². The van der Waals surface area contributed by atoms with Crippen LogP contribution >= 0.6 is 0 Å². The molecule has 1 atom stereocenters. The highest BCUT2D eigenvalue weighted by Gasteiger charge is 2.33. The van der Waals surface area contributed by atoms with Gasteiger partial charge in [0.2, 0.25) is 5.78 Å². The number of hydrogen-bond donors (Lipinski definition) is 0. The summed E-state index contributed by atoms with van der Waals surface area (Å²) in [6, 6.07) is -0.130. The summed E-state index contributed by atoms with van der Waals surface area (Å²) in [4.78, 5) is 17.1. The summed E-state index contributed by atoms with van der Waals surface area (Å²) in [5.41, 5.74) is 0.581. The summed E-state index contributed by atoms with van der Waals surface area (Å²) in [5, 5.41) is 4.20. The molecule has 0 aromatic carbocycles. The topological polar surface area (TPSA) is 50.6 Å². The average Bonchev–Trinajstić information content (AvgIpc) is 2.83. The Kier molecular flexibility index (Phi) is 4.21. The molecule has 19 heavy (non-hydrogen) atoms. The molecule has 0 spiro atoms. The van der Waals surface area contributed by atoms with E-state index in [2.05, 4.69) is 14.9 Å². The summed E-state index contributed by atoms with van der Waals surface area (Å²) in [7, 11) is 5.61. The third-order valence-corrected chi connectivity index (χ3v) is 3.71. The van der Waals surface area contributed by atoms with Gasteiger partial charge in [-0.1, -0.05) is 0 Å². The number of nitrogens with zero attached hydrogens (tertiary/aromatic N) is 4. The smallest absolute Gasteiger partial charge is 0.203 e. The summed E-state index contributed by atoms with van der Waals surface area (Å²) < 4.78 is 6.98. The molecule has 1 aromatic heterocycles. The van der Waals surface area contributed by atoms with Crippen LogP contribution in [-0.2, 0) is 6.54 Å². The third-order valence-electron chi connectivity index (χ3n) is 3.71. The van der Waals surface area contributed by atoms with Crippen molar-refractivity contribution in [3.8, 4) is 5.75 Å². The van der Waals surface area contributed by atoms with Crippen LogP contribution in [0.1, 0.15) is 17.4 Å². The van der Waals surface area contributed by atoms with E-state index < -0.39 is 0 Å². The monoisotopic (exact) mass is 266 g/mol. The summed E-state index contributed by atoms with van der Waals surface area (Å²) in [5.74, 6) is 0.652. The van der Waals surface area contributed by atoms with Crippen molar-refractivity contribution in [3.05, 3.63) is 11.9 Å². The van der Waals surface area contributed by atoms with Crippen LogP contribution in [0.2, 0.25) is 0 Å². The molecule has 2 rings (SSSR count). The predicted molar refractivity (Wildman–Crippen MR) is 72.7 cm³/mol. The fourth-order valence-electron chi connectivity index (χ4n) is 2.46. The standard InChI is InChI=1S/C13H22N4O2/c1-5-17-12(11(19-4)8-14-17)13(18)10-9-15(2)6-7-16(10)3/h8,10H,5-7,9H2,1-4H3. The molecule has 6 heteroatoms. The molecule has 1 unspecified atom stereocenters. The molecule has 1 fully saturated rings. The Morgan fingerprint density at radius 2 is 2.21 bits per heavy atom. The van der Waals surface area contributed by atoms with Crippen molar-refractivity contribution < 1.29 is 9.53 Å². The SMILES string of the molecule is CCn1ncc(OC)c1C(=O)C1CN(C)CCN1C. The predicted octanol–water partition coefficient (Wildman–Crippen LogP) is 0.340. The van der Waals surface area contributed by atoms with E-state index in [0.29, 0.717) is 18.0 Å². The third kappa shape index (κ3) is 2.64. The van der Waals surface area contributed by atoms with Crippen LogP contribution in [0.15, 0.2) is 6.20 Å². The van der Waals surface area contributed by atoms with Crippen molar-refractivity contribution in [3.63, 3.8) is 0 Å². The Balaban J connectivity index is 2.30. The highest BCUT2D eigenvalue weighted by Crippen LogP contribution is 2.22. The molecule has 0 radical (unpaired) electrons. The molecule has 2 heterocycles. The lowest BCUT2D eigenvalue weighted by Crippen LogP contribution is -2.53. The number of Topliss-reactive ketones (excluding diaryl/α,β-unsaturated/α-hetero) is 1. The molecule has 1 aliphatic rings. The fourth-order valence-corrected chi connectivity index (χ4v) is 2.46. The normalized spacial score (nSPS) is 21.6. The number of ether oxygens (including phenoxy) is 1. The van der Waals surface area contributed by atoms with Gasteiger partial charge in [-0.05, 0) is 21.0 Å². The maximum Gasteiger partial charge on any atom is 0.203 e. The van der Waals surface area contributed by atoms with E-state index >= 15 is 0 Å². The Labute approximate surface area is 113 Å². The van der Waals surface area contributed by atoms with Gasteiger partial charge in [-0.2, -0.15) is 5.10 Å². The van der Waals surface area contributed by atoms with Gasteiger partial charge in [-0.3, -0.25) is 14.4 Å². The number of methoxy groups -OCH3 is 1. The van der Waals surface area contributed by atoms with Crippen molar-refractivity contribution in [2.45, 2.75) is 19.5 Å². The number of likely N-dealkylation sites (N-methyl/N-ethyl adjacent to an activating group) is 2. The minimum absolute atomic E-state index is 0.0882. The highest BCUT2D eigenvalue weighted by atomic mass is 16.5. The molecule has 1 saturated heterocycles. The number of piperazine rings is 1. The van der Waals surface area contributed by atoms with E-state index in [9.17, 15) is 4.79 Å². The van der Waals surface area contributed by atoms with Gasteiger partial charge in [-0.15, -0.1) is 0 Å². The van der Waals surface area contributed by atoms with Crippen molar-refractivity contribution in [2.24, 2.45) is 0 Å². The maximum absolute atomic E-state index is 12.8. The van der Waals surface area contributed by atoms with Crippen molar-refractivity contribution >= 4 is 5.78 Å². The lowest BCUT2D eigenvalue weighted by Gasteiger charge is -2.36. The van der Waals surface area contributed by atoms with Crippen LogP contribution in [0.25, 0.3) is 0 Å². The van der Waals surface area contributed by atoms with Gasteiger partial charge in [0.25, 0.3) is 0 Å². The highest BCUT2D eigenvalue weighted by molar-refractivity contribution is 6.01. The molecule has 0 N–H and O–H groups in total. The van der Waals surface area contributed by atoms with E-state index in [1.165, 1.54) is 0 Å². The zero-order valence-corrected chi connectivity index (χ0v) is 12.1. The Morgan fingerprint density at radius 1 is 1.47 bits per heavy atom. The number of ketones is 1. The molecule has 6 nitrogen and oxygen atoms in total. The number of carbonyl (C=O) groups excluding carboxylic acids is 1. The summed E-state index contributed by atoms with van der Waals surface area (Å²) in [6.07, 6.45) is 1.61. The zero-order chi connectivity index (χ0) is 14.0. The van der Waals surface area contributed by atoms with Gasteiger partial charge in [-0.25, -0.2) is 0 Å². The minimum atomic E-state index is -0.130. The van der Waals surface area contributed by atoms with Crippen molar-refractivity contribution in [1.82, 2.24) is 19.6 Å². The fraction of sp³-hybridized carbons (Fsp3) is 0.692. The van der Waals surface area contributed by atoms with E-state index in [-0.39, 0.29) is 11.8 Å². The lowest BCUT2D eigenvalue weighted by molar-refractivity contribution is 0.0673. The Morgan fingerprint density at radius 3 is 2.84 bits per heavy atom. The lowest BCUT2D eigenvalue weighted by atomic mass is 10.1. The van der Waals surface area contributed by atoms with Crippen LogP contribution in [0.3, 0.4) is 0 Å². The molecule has 1 aliphatic heterocycles. The first-order chi connectivity index (χ1) is 9.08. The molecule has 106 valence electrons. The molecule has 0 saturated carbocycles. The van der Waals surface area contributed by atoms with Crippen LogP contribution in [-0.4, -0.2) is 72.2 Å². The minimum Gasteiger partial charge on any atom is -0.493 e. The van der Waals surface area contributed by atoms with Gasteiger partial charge in [0.15, 0.2) is 5.75 Å². The zero-order valence-electron chi connectivity index (χ0n) is 12.1. The Hall–Kier alpha value is -1.40. The number of carbonyl (C=O) groups is 1. The average molecular weight is 266 g/mol. The second-order valence-electron chi connectivity index (χ2n) is 5.00. The molecule has 0 bridgehead atoms. The van der Waals surface area contributed by atoms with E-state index in [4.69, 9.17) is 4.74 Å². The summed E-state index contributed by atoms with van der Waals surface area (Å²) >= 11 is 0. The second kappa shape index (κ2) is 5.71. The van der Waals surface area contributed by atoms with E-state index in [1.807, 2.05) is 21.0 Å². The quantitative estimate of drug-likeness (QED) is 0.736. The van der Waals surface area contributed by atoms with Crippen LogP contribution < -0.4 is 4.74 Å². The first-order valence-electron chi connectivity index (χ1n) is 6.61. The van der Waals surface area contributed by atoms with E-state index in [0.717, 1.165) is 19.6 Å². The van der Waals surface area contributed by atoms with Gasteiger partial charge >= 0.3 is 0 Å². The molecule has 0 amide bonds. The number of rotatable bonds is 4. The first-order valence-corrected chi connectivity index (χ1v) is 6.61. The van der Waals surface area contributed by atoms with Crippen LogP contribution in [0.5, 0.6) is 5.75 Å². The second-order valence-corrected chi connectivity index (χ2v) is 5.00. The Bertz CT molecular complexity index is 436. The molecular weight excluding hydrogens is 244 g/mol. The van der Waals surface area contributed by atoms with Crippen LogP contribution in [0, 0.1) is 0 Å². The van der Waals surface area contributed by atoms with Crippen molar-refractivity contribution in [2.75, 3.05) is 40.8 Å². The molecule has 0 aliphatic carbocycles. The number of aromatic nitrogens is 2.